The molecule has 0 aliphatic carbocycles. The Morgan fingerprint density at radius 2 is 2.55 bits per heavy atom. The van der Waals surface area contributed by atoms with E-state index in [1.807, 2.05) is 14.4 Å². The van der Waals surface area contributed by atoms with E-state index < -0.39 is 8.42 Å². The molecular formula is C5H10O4SSe. The van der Waals surface area contributed by atoms with Crippen molar-refractivity contribution >= 4 is 22.8 Å². The van der Waals surface area contributed by atoms with E-state index in [-0.39, 0.29) is 12.7 Å². The molecule has 4 nitrogen and oxygen atoms in total. The van der Waals surface area contributed by atoms with Gasteiger partial charge in [-0.25, -0.2) is 0 Å². The summed E-state index contributed by atoms with van der Waals surface area (Å²) in [7, 11) is -3.17. The van der Waals surface area contributed by atoms with Crippen LogP contribution in [0.1, 0.15) is 12.8 Å². The van der Waals surface area contributed by atoms with E-state index in [2.05, 4.69) is 4.18 Å². The van der Waals surface area contributed by atoms with E-state index in [0.29, 0.717) is 0 Å². The van der Waals surface area contributed by atoms with E-state index in [1.54, 1.807) is 0 Å². The van der Waals surface area contributed by atoms with Crippen LogP contribution in [-0.2, 0) is 17.3 Å². The van der Waals surface area contributed by atoms with Crippen LogP contribution in [0.2, 0.25) is 0 Å². The van der Waals surface area contributed by atoms with Gasteiger partial charge in [0.15, 0.2) is 0 Å². The molecule has 1 N–H and O–H groups in total. The number of hydrogen-bond donors (Lipinski definition) is 1. The van der Waals surface area contributed by atoms with E-state index >= 15 is 0 Å². The summed E-state index contributed by atoms with van der Waals surface area (Å²) in [5.41, 5.74) is 0. The second kappa shape index (κ2) is 3.98. The zero-order valence-corrected chi connectivity index (χ0v) is 8.42. The van der Waals surface area contributed by atoms with Gasteiger partial charge in [-0.3, -0.25) is 0 Å². The van der Waals surface area contributed by atoms with Gasteiger partial charge in [-0.15, -0.1) is 0 Å². The second-order valence-corrected chi connectivity index (χ2v) is 6.09. The first-order valence-corrected chi connectivity index (χ1v) is 6.78. The average Bonchev–Trinajstić information content (AvgIpc) is 2.32. The Bertz CT molecular complexity index is 207. The molecule has 1 fully saturated rings. The number of ether oxygens (including phenoxy) is 1. The zero-order chi connectivity index (χ0) is 8.32. The molecule has 66 valence electrons. The third-order valence-corrected chi connectivity index (χ3v) is 2.47. The van der Waals surface area contributed by atoms with Crippen LogP contribution in [0, 0.1) is 0 Å². The van der Waals surface area contributed by atoms with Crippen molar-refractivity contribution in [1.29, 1.82) is 0 Å². The van der Waals surface area contributed by atoms with E-state index in [0.717, 1.165) is 19.4 Å². The minimum atomic E-state index is -3.17. The van der Waals surface area contributed by atoms with Gasteiger partial charge in [0.1, 0.15) is 0 Å². The monoisotopic (exact) mass is 246 g/mol. The summed E-state index contributed by atoms with van der Waals surface area (Å²) in [6, 6.07) is 0. The van der Waals surface area contributed by atoms with Crippen molar-refractivity contribution < 1.29 is 17.7 Å². The number of hydrogen-bond acceptors (Lipinski definition) is 3. The number of rotatable bonds is 3. The Hall–Kier alpha value is 0.549. The summed E-state index contributed by atoms with van der Waals surface area (Å²) in [5.74, 6) is 0. The first-order valence-electron chi connectivity index (χ1n) is 3.31. The Morgan fingerprint density at radius 3 is 3.00 bits per heavy atom. The first kappa shape index (κ1) is 9.64. The molecular weight excluding hydrogens is 235 g/mol. The molecule has 6 heteroatoms. The van der Waals surface area contributed by atoms with Gasteiger partial charge in [-0.1, -0.05) is 0 Å². The van der Waals surface area contributed by atoms with Crippen molar-refractivity contribution in [2.75, 3.05) is 13.2 Å². The molecule has 1 saturated heterocycles. The molecule has 0 amide bonds. The molecule has 1 aliphatic rings. The fourth-order valence-corrected chi connectivity index (χ4v) is 1.61. The molecule has 1 rings (SSSR count). The predicted octanol–water partition coefficient (Wildman–Crippen LogP) is -0.0621. The fourth-order valence-electron chi connectivity index (χ4n) is 0.938. The molecule has 0 bridgehead atoms. The Labute approximate surface area is 73.0 Å². The predicted molar refractivity (Wildman–Crippen MR) is 41.5 cm³/mol. The summed E-state index contributed by atoms with van der Waals surface area (Å²) in [6.07, 6.45) is 1.92. The SMILES string of the molecule is O=S(O)(=[Se])OCC1CCCO1. The molecule has 0 aromatic carbocycles. The standard InChI is InChI=1S/C5H10O4SSe/c6-10(7,11)9-4-5-2-1-3-8-5/h5H,1-4H2,(H,6,7,11). The molecule has 0 saturated carbocycles. The van der Waals surface area contributed by atoms with Gasteiger partial charge in [-0.2, -0.15) is 0 Å². The molecule has 0 aromatic heterocycles. The molecule has 0 radical (unpaired) electrons. The summed E-state index contributed by atoms with van der Waals surface area (Å²) >= 11 is 2.05. The third-order valence-electron chi connectivity index (χ3n) is 1.43. The van der Waals surface area contributed by atoms with Crippen LogP contribution in [0.5, 0.6) is 0 Å². The van der Waals surface area contributed by atoms with Crippen LogP contribution in [0.15, 0.2) is 0 Å². The van der Waals surface area contributed by atoms with Crippen molar-refractivity contribution in [3.8, 4) is 0 Å². The van der Waals surface area contributed by atoms with Gasteiger partial charge in [-0.05, 0) is 0 Å². The summed E-state index contributed by atoms with van der Waals surface area (Å²) in [5, 5.41) is 0. The van der Waals surface area contributed by atoms with Crippen LogP contribution in [0.4, 0.5) is 0 Å². The molecule has 1 aliphatic heterocycles. The molecule has 0 aromatic rings. The van der Waals surface area contributed by atoms with Crippen molar-refractivity contribution in [1.82, 2.24) is 0 Å². The van der Waals surface area contributed by atoms with Crippen molar-refractivity contribution in [2.45, 2.75) is 18.9 Å². The third kappa shape index (κ3) is 4.20. The van der Waals surface area contributed by atoms with Gasteiger partial charge >= 0.3 is 72.6 Å². The van der Waals surface area contributed by atoms with Crippen molar-refractivity contribution in [2.24, 2.45) is 0 Å². The van der Waals surface area contributed by atoms with Gasteiger partial charge in [0.2, 0.25) is 0 Å². The van der Waals surface area contributed by atoms with Crippen molar-refractivity contribution in [3.05, 3.63) is 0 Å². The molecule has 0 spiro atoms. The van der Waals surface area contributed by atoms with Gasteiger partial charge in [0, 0.05) is 0 Å². The van der Waals surface area contributed by atoms with E-state index in [4.69, 9.17) is 9.29 Å². The quantitative estimate of drug-likeness (QED) is 0.708. The van der Waals surface area contributed by atoms with Crippen molar-refractivity contribution in [3.63, 3.8) is 0 Å². The first-order chi connectivity index (χ1) is 5.08. The van der Waals surface area contributed by atoms with Gasteiger partial charge in [0.25, 0.3) is 0 Å². The van der Waals surface area contributed by atoms with Crippen LogP contribution in [-0.4, -0.2) is 42.5 Å². The summed E-state index contributed by atoms with van der Waals surface area (Å²) in [6.45, 7) is 0.927. The maximum absolute atomic E-state index is 10.6. The van der Waals surface area contributed by atoms with Crippen LogP contribution in [0.25, 0.3) is 0 Å². The van der Waals surface area contributed by atoms with Crippen LogP contribution < -0.4 is 0 Å². The Balaban J connectivity index is 2.22. The van der Waals surface area contributed by atoms with Gasteiger partial charge in [0.05, 0.1) is 0 Å². The Kier molecular flexibility index (Phi) is 3.49. The maximum atomic E-state index is 10.6. The minimum absolute atomic E-state index is 0.00340. The molecule has 2 unspecified atom stereocenters. The summed E-state index contributed by atoms with van der Waals surface area (Å²) in [4.78, 5) is 0. The molecule has 11 heavy (non-hydrogen) atoms. The zero-order valence-electron chi connectivity index (χ0n) is 5.89. The normalized spacial score (nSPS) is 30.1. The van der Waals surface area contributed by atoms with Crippen LogP contribution in [0.3, 0.4) is 0 Å². The summed E-state index contributed by atoms with van der Waals surface area (Å²) < 4.78 is 29.0. The Morgan fingerprint density at radius 1 is 1.82 bits per heavy atom. The second-order valence-electron chi connectivity index (χ2n) is 2.35. The van der Waals surface area contributed by atoms with E-state index in [1.165, 1.54) is 0 Å². The molecule has 1 heterocycles. The average molecular weight is 245 g/mol. The molecule has 2 atom stereocenters. The van der Waals surface area contributed by atoms with Gasteiger partial charge < -0.3 is 0 Å². The van der Waals surface area contributed by atoms with Crippen LogP contribution >= 0.6 is 0 Å². The topological polar surface area (TPSA) is 55.8 Å². The fraction of sp³-hybridized carbons (Fsp3) is 1.00. The van der Waals surface area contributed by atoms with E-state index in [9.17, 15) is 4.21 Å².